The van der Waals surface area contributed by atoms with Crippen LogP contribution in [0.3, 0.4) is 0 Å². The number of carboxylic acid groups (broad SMARTS) is 1. The van der Waals surface area contributed by atoms with E-state index in [0.717, 1.165) is 23.4 Å². The fraction of sp³-hybridized carbons (Fsp3) is 0.455. The van der Waals surface area contributed by atoms with Crippen LogP contribution in [-0.4, -0.2) is 30.3 Å². The molecule has 5 heteroatoms. The predicted octanol–water partition coefficient (Wildman–Crippen LogP) is 2.08. The quantitative estimate of drug-likeness (QED) is 0.850. The van der Waals surface area contributed by atoms with Crippen LogP contribution in [0.1, 0.15) is 24.5 Å². The first-order chi connectivity index (χ1) is 7.63. The Labute approximate surface area is 93.7 Å². The SMILES string of the molecule is COc1cnc(C2CC2)cc1N(C)C(=O)O. The molecule has 0 bridgehead atoms. The Morgan fingerprint density at radius 1 is 1.62 bits per heavy atom. The normalized spacial score (nSPS) is 14.6. The van der Waals surface area contributed by atoms with E-state index in [4.69, 9.17) is 9.84 Å². The molecule has 1 aliphatic carbocycles. The van der Waals surface area contributed by atoms with Crippen LogP contribution in [0.25, 0.3) is 0 Å². The summed E-state index contributed by atoms with van der Waals surface area (Å²) in [5, 5.41) is 8.95. The number of rotatable bonds is 3. The molecule has 1 heterocycles. The zero-order valence-electron chi connectivity index (χ0n) is 9.30. The number of hydrogen-bond acceptors (Lipinski definition) is 3. The van der Waals surface area contributed by atoms with E-state index in [1.165, 1.54) is 14.2 Å². The number of amides is 1. The Bertz CT molecular complexity index is 416. The lowest BCUT2D eigenvalue weighted by Crippen LogP contribution is -2.24. The molecule has 1 fully saturated rings. The second kappa shape index (κ2) is 4.00. The highest BCUT2D eigenvalue weighted by atomic mass is 16.5. The number of hydrogen-bond donors (Lipinski definition) is 1. The average Bonchev–Trinajstić information content (AvgIpc) is 3.11. The summed E-state index contributed by atoms with van der Waals surface area (Å²) in [6.45, 7) is 0. The highest BCUT2D eigenvalue weighted by Gasteiger charge is 2.27. The lowest BCUT2D eigenvalue weighted by molar-refractivity contribution is 0.203. The molecule has 1 aliphatic rings. The van der Waals surface area contributed by atoms with Crippen LogP contribution in [0.2, 0.25) is 0 Å². The molecule has 1 aromatic heterocycles. The number of carbonyl (C=O) groups is 1. The first-order valence-electron chi connectivity index (χ1n) is 5.14. The Balaban J connectivity index is 2.38. The van der Waals surface area contributed by atoms with Crippen LogP contribution < -0.4 is 9.64 Å². The van der Waals surface area contributed by atoms with Crippen molar-refractivity contribution in [2.24, 2.45) is 0 Å². The summed E-state index contributed by atoms with van der Waals surface area (Å²) in [6.07, 6.45) is 2.85. The van der Waals surface area contributed by atoms with Gasteiger partial charge in [0.1, 0.15) is 0 Å². The molecule has 86 valence electrons. The molecule has 1 N–H and O–H groups in total. The molecule has 0 atom stereocenters. The summed E-state index contributed by atoms with van der Waals surface area (Å²) in [7, 11) is 3.00. The minimum Gasteiger partial charge on any atom is -0.493 e. The van der Waals surface area contributed by atoms with Crippen molar-refractivity contribution in [1.82, 2.24) is 4.98 Å². The standard InChI is InChI=1S/C11H14N2O3/c1-13(11(14)15)9-5-8(7-3-4-7)12-6-10(9)16-2/h5-7H,3-4H2,1-2H3,(H,14,15). The van der Waals surface area contributed by atoms with Gasteiger partial charge in [0.25, 0.3) is 0 Å². The fourth-order valence-corrected chi connectivity index (χ4v) is 1.57. The second-order valence-corrected chi connectivity index (χ2v) is 3.90. The minimum absolute atomic E-state index is 0.481. The third-order valence-electron chi connectivity index (χ3n) is 2.73. The topological polar surface area (TPSA) is 62.7 Å². The van der Waals surface area contributed by atoms with Gasteiger partial charge in [-0.2, -0.15) is 0 Å². The van der Waals surface area contributed by atoms with Gasteiger partial charge in [-0.15, -0.1) is 0 Å². The summed E-state index contributed by atoms with van der Waals surface area (Å²) in [6, 6.07) is 1.80. The maximum absolute atomic E-state index is 10.9. The van der Waals surface area contributed by atoms with Crippen LogP contribution >= 0.6 is 0 Å². The monoisotopic (exact) mass is 222 g/mol. The van der Waals surface area contributed by atoms with Gasteiger partial charge >= 0.3 is 6.09 Å². The van der Waals surface area contributed by atoms with Gasteiger partial charge < -0.3 is 9.84 Å². The number of nitrogens with zero attached hydrogens (tertiary/aromatic N) is 2. The summed E-state index contributed by atoms with van der Waals surface area (Å²) < 4.78 is 5.10. The van der Waals surface area contributed by atoms with Crippen molar-refractivity contribution in [1.29, 1.82) is 0 Å². The Morgan fingerprint density at radius 2 is 2.31 bits per heavy atom. The van der Waals surface area contributed by atoms with E-state index in [0.29, 0.717) is 17.4 Å². The van der Waals surface area contributed by atoms with Crippen LogP contribution in [0.15, 0.2) is 12.3 Å². The summed E-state index contributed by atoms with van der Waals surface area (Å²) in [5.74, 6) is 0.973. The van der Waals surface area contributed by atoms with E-state index in [9.17, 15) is 4.79 Å². The fourth-order valence-electron chi connectivity index (χ4n) is 1.57. The van der Waals surface area contributed by atoms with Crippen LogP contribution in [0, 0.1) is 0 Å². The largest absolute Gasteiger partial charge is 0.493 e. The summed E-state index contributed by atoms with van der Waals surface area (Å²) in [4.78, 5) is 16.3. The smallest absolute Gasteiger partial charge is 0.411 e. The van der Waals surface area contributed by atoms with Crippen molar-refractivity contribution in [2.75, 3.05) is 19.1 Å². The van der Waals surface area contributed by atoms with E-state index in [1.807, 2.05) is 0 Å². The maximum Gasteiger partial charge on any atom is 0.411 e. The third-order valence-corrected chi connectivity index (χ3v) is 2.73. The van der Waals surface area contributed by atoms with E-state index >= 15 is 0 Å². The van der Waals surface area contributed by atoms with Crippen molar-refractivity contribution >= 4 is 11.8 Å². The number of anilines is 1. The van der Waals surface area contributed by atoms with Crippen molar-refractivity contribution in [2.45, 2.75) is 18.8 Å². The average molecular weight is 222 g/mol. The molecule has 5 nitrogen and oxygen atoms in total. The van der Waals surface area contributed by atoms with Crippen LogP contribution in [-0.2, 0) is 0 Å². The molecular formula is C11H14N2O3. The van der Waals surface area contributed by atoms with Crippen molar-refractivity contribution in [3.8, 4) is 5.75 Å². The number of methoxy groups -OCH3 is 1. The number of pyridine rings is 1. The van der Waals surface area contributed by atoms with Gasteiger partial charge in [-0.05, 0) is 18.9 Å². The van der Waals surface area contributed by atoms with Gasteiger partial charge in [-0.1, -0.05) is 0 Å². The van der Waals surface area contributed by atoms with Gasteiger partial charge in [0, 0.05) is 18.7 Å². The summed E-state index contributed by atoms with van der Waals surface area (Å²) >= 11 is 0. The van der Waals surface area contributed by atoms with Gasteiger partial charge in [-0.3, -0.25) is 9.88 Å². The molecule has 1 saturated carbocycles. The molecule has 0 unspecified atom stereocenters. The molecule has 0 spiro atoms. The lowest BCUT2D eigenvalue weighted by Gasteiger charge is -2.17. The van der Waals surface area contributed by atoms with Gasteiger partial charge in [0.05, 0.1) is 19.0 Å². The van der Waals surface area contributed by atoms with E-state index in [1.54, 1.807) is 12.3 Å². The van der Waals surface area contributed by atoms with E-state index in [2.05, 4.69) is 4.98 Å². The zero-order valence-corrected chi connectivity index (χ0v) is 9.30. The molecule has 16 heavy (non-hydrogen) atoms. The molecule has 1 amide bonds. The summed E-state index contributed by atoms with van der Waals surface area (Å²) in [5.41, 5.74) is 1.50. The molecule has 0 saturated heterocycles. The molecule has 0 aliphatic heterocycles. The number of aromatic nitrogens is 1. The first kappa shape index (κ1) is 10.7. The van der Waals surface area contributed by atoms with Crippen molar-refractivity contribution in [3.63, 3.8) is 0 Å². The van der Waals surface area contributed by atoms with Crippen LogP contribution in [0.5, 0.6) is 5.75 Å². The zero-order chi connectivity index (χ0) is 11.7. The van der Waals surface area contributed by atoms with E-state index < -0.39 is 6.09 Å². The van der Waals surface area contributed by atoms with Gasteiger partial charge in [-0.25, -0.2) is 4.79 Å². The maximum atomic E-state index is 10.9. The number of ether oxygens (including phenoxy) is 1. The molecule has 1 aromatic rings. The highest BCUT2D eigenvalue weighted by molar-refractivity contribution is 5.87. The molecule has 2 rings (SSSR count). The molecular weight excluding hydrogens is 208 g/mol. The van der Waals surface area contributed by atoms with Gasteiger partial charge in [0.2, 0.25) is 0 Å². The Morgan fingerprint density at radius 3 is 2.81 bits per heavy atom. The minimum atomic E-state index is -1.01. The second-order valence-electron chi connectivity index (χ2n) is 3.90. The first-order valence-corrected chi connectivity index (χ1v) is 5.14. The Hall–Kier alpha value is -1.78. The van der Waals surface area contributed by atoms with Gasteiger partial charge in [0.15, 0.2) is 5.75 Å². The molecule has 0 aromatic carbocycles. The molecule has 0 radical (unpaired) electrons. The lowest BCUT2D eigenvalue weighted by atomic mass is 10.2. The Kier molecular flexibility index (Phi) is 2.68. The predicted molar refractivity (Wildman–Crippen MR) is 59.2 cm³/mol. The highest BCUT2D eigenvalue weighted by Crippen LogP contribution is 2.41. The van der Waals surface area contributed by atoms with Crippen molar-refractivity contribution < 1.29 is 14.6 Å². The van der Waals surface area contributed by atoms with Crippen molar-refractivity contribution in [3.05, 3.63) is 18.0 Å². The third kappa shape index (κ3) is 1.93. The van der Waals surface area contributed by atoms with Crippen LogP contribution in [0.4, 0.5) is 10.5 Å². The van der Waals surface area contributed by atoms with E-state index in [-0.39, 0.29) is 0 Å².